The monoisotopic (exact) mass is 242 g/mol. The van der Waals surface area contributed by atoms with E-state index in [1.807, 2.05) is 0 Å². The Morgan fingerprint density at radius 3 is 1.20 bits per heavy atom. The molecule has 0 aromatic carbocycles. The third-order valence-corrected chi connectivity index (χ3v) is 0.643. The van der Waals surface area contributed by atoms with E-state index >= 15 is 0 Å². The van der Waals surface area contributed by atoms with Crippen molar-refractivity contribution in [3.8, 4) is 0 Å². The first-order valence-electron chi connectivity index (χ1n) is 0.475. The summed E-state index contributed by atoms with van der Waals surface area (Å²) < 4.78 is 7.54. The first kappa shape index (κ1) is 9.65. The molecule has 0 spiro atoms. The maximum absolute atomic E-state index is 3.77. The normalized spacial score (nSPS) is 6.00. The Hall–Kier alpha value is 1.41. The maximum Gasteiger partial charge on any atom is 0.144 e. The second-order valence-corrected chi connectivity index (χ2v) is 0.655. The molecule has 0 bridgehead atoms. The zero-order valence-electron chi connectivity index (χ0n) is 1.98. The van der Waals surface area contributed by atoms with Crippen molar-refractivity contribution in [2.75, 3.05) is 0 Å². The van der Waals surface area contributed by atoms with E-state index in [1.165, 1.54) is 0 Å². The van der Waals surface area contributed by atoms with Crippen LogP contribution in [0.5, 0.6) is 0 Å². The van der Waals surface area contributed by atoms with Crippen LogP contribution in [-0.2, 0) is 25.3 Å². The first-order chi connectivity index (χ1) is 1.91. The molecule has 0 heterocycles. The average Bonchev–Trinajstić information content (AvgIpc) is 1.37. The minimum Gasteiger partial charge on any atom is -0.144 e. The van der Waals surface area contributed by atoms with Gasteiger partial charge in [-0.15, -0.1) is 7.96 Å². The van der Waals surface area contributed by atoms with E-state index < -0.39 is 0 Å². The van der Waals surface area contributed by atoms with Gasteiger partial charge >= 0.3 is 0 Å². The zero-order chi connectivity index (χ0) is 3.41. The van der Waals surface area contributed by atoms with Crippen molar-refractivity contribution < 1.29 is 25.3 Å². The number of hydrogen-bond acceptors (Lipinski definition) is 2. The smallest absolute Gasteiger partial charge is 0.144 e. The van der Waals surface area contributed by atoms with E-state index in [9.17, 15) is 0 Å². The molecule has 0 amide bonds. The van der Waals surface area contributed by atoms with Gasteiger partial charge in [-0.05, 0) is 0 Å². The van der Waals surface area contributed by atoms with Gasteiger partial charge in [0.15, 0.2) is 0 Å². The van der Waals surface area contributed by atoms with E-state index in [-0.39, 0.29) is 17.4 Å². The molecule has 0 saturated heterocycles. The largest absolute Gasteiger partial charge is 0.144 e. The Kier molecular flexibility index (Phi) is 17.5. The molecule has 5 heavy (non-hydrogen) atoms. The van der Waals surface area contributed by atoms with Crippen LogP contribution in [0, 0.1) is 0 Å². The second kappa shape index (κ2) is 9.05. The number of hydrogen-bond donors (Lipinski definition) is 0. The fraction of sp³-hybridized carbons (Fsp3) is 0. The van der Waals surface area contributed by atoms with Gasteiger partial charge in [-0.25, -0.2) is 0 Å². The minimum absolute atomic E-state index is 0. The minimum atomic E-state index is 0. The summed E-state index contributed by atoms with van der Waals surface area (Å²) in [7, 11) is 0. The molecule has 0 fully saturated rings. The van der Waals surface area contributed by atoms with Crippen LogP contribution < -0.4 is 0 Å². The predicted molar refractivity (Wildman–Crippen MR) is 20.0 cm³/mol. The molecule has 0 atom stereocenters. The molecule has 0 radical (unpaired) electrons. The van der Waals surface area contributed by atoms with Gasteiger partial charge in [0.05, 0.1) is 0 Å². The maximum atomic E-state index is 3.77. The van der Waals surface area contributed by atoms with Crippen LogP contribution >= 0.6 is 32.5 Å². The van der Waals surface area contributed by atoms with Crippen molar-refractivity contribution in [2.24, 2.45) is 0 Å². The van der Waals surface area contributed by atoms with Crippen LogP contribution in [0.4, 0.5) is 0 Å². The Bertz CT molecular complexity index is 9.61. The zero-order valence-corrected chi connectivity index (χ0v) is 6.43. The number of rotatable bonds is 1. The molecule has 2 nitrogen and oxygen atoms in total. The molecular formula is Br2CrO2. The summed E-state index contributed by atoms with van der Waals surface area (Å²) in [6.45, 7) is 0. The van der Waals surface area contributed by atoms with E-state index in [2.05, 4.69) is 40.5 Å². The van der Waals surface area contributed by atoms with E-state index in [1.54, 1.807) is 0 Å². The molecular weight excluding hydrogens is 244 g/mol. The molecule has 0 aliphatic rings. The molecule has 5 heteroatoms. The van der Waals surface area contributed by atoms with Gasteiger partial charge in [-0.3, -0.25) is 0 Å². The van der Waals surface area contributed by atoms with Crippen molar-refractivity contribution in [3.63, 3.8) is 0 Å². The SMILES string of the molecule is BrOOBr.[Cr]. The van der Waals surface area contributed by atoms with Crippen LogP contribution in [0.1, 0.15) is 0 Å². The van der Waals surface area contributed by atoms with Crippen LogP contribution in [0.15, 0.2) is 0 Å². The van der Waals surface area contributed by atoms with Crippen molar-refractivity contribution in [2.45, 2.75) is 0 Å². The van der Waals surface area contributed by atoms with Crippen molar-refractivity contribution in [1.82, 2.24) is 0 Å². The summed E-state index contributed by atoms with van der Waals surface area (Å²) in [5.41, 5.74) is 0. The summed E-state index contributed by atoms with van der Waals surface area (Å²) in [6, 6.07) is 0. The molecule has 0 aliphatic carbocycles. The summed E-state index contributed by atoms with van der Waals surface area (Å²) in [6.07, 6.45) is 0. The molecule has 0 rings (SSSR count). The van der Waals surface area contributed by atoms with Gasteiger partial charge in [-0.2, -0.15) is 0 Å². The van der Waals surface area contributed by atoms with Gasteiger partial charge in [0, 0.05) is 17.4 Å². The molecule has 32 valence electrons. The first-order valence-corrected chi connectivity index (χ1v) is 1.77. The van der Waals surface area contributed by atoms with E-state index in [4.69, 9.17) is 0 Å². The Balaban J connectivity index is 0. The fourth-order valence-corrected chi connectivity index (χ4v) is 0. The quantitative estimate of drug-likeness (QED) is 0.514. The van der Waals surface area contributed by atoms with Crippen LogP contribution in [0.3, 0.4) is 0 Å². The molecule has 0 unspecified atom stereocenters. The molecule has 0 saturated carbocycles. The Morgan fingerprint density at radius 2 is 1.20 bits per heavy atom. The molecule has 0 aliphatic heterocycles. The van der Waals surface area contributed by atoms with Crippen LogP contribution in [0.2, 0.25) is 0 Å². The Morgan fingerprint density at radius 1 is 1.00 bits per heavy atom. The van der Waals surface area contributed by atoms with Gasteiger partial charge in [0.2, 0.25) is 0 Å². The van der Waals surface area contributed by atoms with Gasteiger partial charge < -0.3 is 0 Å². The van der Waals surface area contributed by atoms with Crippen LogP contribution in [-0.4, -0.2) is 0 Å². The summed E-state index contributed by atoms with van der Waals surface area (Å²) >= 11 is 4.96. The van der Waals surface area contributed by atoms with Gasteiger partial charge in [0.1, 0.15) is 32.5 Å². The Labute approximate surface area is 57.8 Å². The van der Waals surface area contributed by atoms with Gasteiger partial charge in [-0.1, -0.05) is 0 Å². The van der Waals surface area contributed by atoms with Crippen molar-refractivity contribution in [3.05, 3.63) is 0 Å². The molecule has 0 N–H and O–H groups in total. The van der Waals surface area contributed by atoms with Crippen molar-refractivity contribution in [1.29, 1.82) is 0 Å². The summed E-state index contributed by atoms with van der Waals surface area (Å²) in [4.78, 5) is 0. The van der Waals surface area contributed by atoms with Crippen LogP contribution in [0.25, 0.3) is 0 Å². The standard InChI is InChI=1S/Br2O2.Cr/c1-3-4-2;. The van der Waals surface area contributed by atoms with Gasteiger partial charge in [0.25, 0.3) is 0 Å². The number of halogens is 2. The summed E-state index contributed by atoms with van der Waals surface area (Å²) in [5.74, 6) is 0. The summed E-state index contributed by atoms with van der Waals surface area (Å²) in [5, 5.41) is 0. The second-order valence-electron chi connectivity index (χ2n) is 0.126. The topological polar surface area (TPSA) is 18.5 Å². The fourth-order valence-electron chi connectivity index (χ4n) is 0. The van der Waals surface area contributed by atoms with Crippen molar-refractivity contribution >= 4 is 32.5 Å². The predicted octanol–water partition coefficient (Wildman–Crippen LogP) is 1.55. The third-order valence-electron chi connectivity index (χ3n) is 0.0238. The van der Waals surface area contributed by atoms with E-state index in [0.717, 1.165) is 0 Å². The average molecular weight is 244 g/mol. The molecule has 0 aromatic rings. The van der Waals surface area contributed by atoms with E-state index in [0.29, 0.717) is 0 Å². The molecule has 0 aromatic heterocycles. The third kappa shape index (κ3) is 10.8.